The van der Waals surface area contributed by atoms with Crippen LogP contribution >= 0.6 is 0 Å². The lowest BCUT2D eigenvalue weighted by Gasteiger charge is -2.25. The Labute approximate surface area is 95.8 Å². The molecule has 1 aliphatic heterocycles. The van der Waals surface area contributed by atoms with Crippen LogP contribution in [0.4, 0.5) is 0 Å². The van der Waals surface area contributed by atoms with Crippen LogP contribution in [0.3, 0.4) is 0 Å². The molecule has 3 aliphatic rings. The van der Waals surface area contributed by atoms with E-state index in [1.807, 2.05) is 6.20 Å². The van der Waals surface area contributed by atoms with Gasteiger partial charge in [-0.3, -0.25) is 4.68 Å². The average molecular weight is 218 g/mol. The Morgan fingerprint density at radius 2 is 2.38 bits per heavy atom. The van der Waals surface area contributed by atoms with E-state index in [1.54, 1.807) is 0 Å². The first-order valence-corrected chi connectivity index (χ1v) is 6.42. The van der Waals surface area contributed by atoms with Crippen molar-refractivity contribution in [3.8, 4) is 0 Å². The fraction of sp³-hybridized carbons (Fsp3) is 0.769. The van der Waals surface area contributed by atoms with Crippen LogP contribution in [0.15, 0.2) is 12.4 Å². The molecule has 3 fully saturated rings. The summed E-state index contributed by atoms with van der Waals surface area (Å²) in [4.78, 5) is 0. The molecule has 4 rings (SSSR count). The molecule has 1 aromatic heterocycles. The third-order valence-corrected chi connectivity index (χ3v) is 4.63. The van der Waals surface area contributed by atoms with Gasteiger partial charge in [0.1, 0.15) is 0 Å². The molecular weight excluding hydrogens is 200 g/mol. The van der Waals surface area contributed by atoms with Crippen LogP contribution in [0.5, 0.6) is 0 Å². The van der Waals surface area contributed by atoms with Gasteiger partial charge in [-0.05, 0) is 37.0 Å². The molecule has 16 heavy (non-hydrogen) atoms. The average Bonchev–Trinajstić information content (AvgIpc) is 3.17. The predicted octanol–water partition coefficient (Wildman–Crippen LogP) is 2.71. The molecule has 3 nitrogen and oxygen atoms in total. The Bertz CT molecular complexity index is 423. The van der Waals surface area contributed by atoms with Crippen LogP contribution in [0, 0.1) is 11.3 Å². The van der Waals surface area contributed by atoms with Gasteiger partial charge in [0.15, 0.2) is 0 Å². The summed E-state index contributed by atoms with van der Waals surface area (Å²) in [6.07, 6.45) is 9.74. The normalized spacial score (nSPS) is 41.8. The second kappa shape index (κ2) is 2.89. The summed E-state index contributed by atoms with van der Waals surface area (Å²) in [7, 11) is 0. The lowest BCUT2D eigenvalue weighted by molar-refractivity contribution is -0.0120. The smallest absolute Gasteiger partial charge is 0.0888 e. The Morgan fingerprint density at radius 3 is 3.19 bits per heavy atom. The van der Waals surface area contributed by atoms with Crippen LogP contribution in [-0.4, -0.2) is 16.4 Å². The van der Waals surface area contributed by atoms with Gasteiger partial charge >= 0.3 is 0 Å². The van der Waals surface area contributed by atoms with Crippen LogP contribution in [0.1, 0.15) is 50.3 Å². The summed E-state index contributed by atoms with van der Waals surface area (Å²) in [6, 6.07) is 0.683. The monoisotopic (exact) mass is 218 g/mol. The first-order chi connectivity index (χ1) is 7.76. The number of hydrogen-bond acceptors (Lipinski definition) is 2. The van der Waals surface area contributed by atoms with Gasteiger partial charge in [0.2, 0.25) is 0 Å². The maximum absolute atomic E-state index is 5.94. The summed E-state index contributed by atoms with van der Waals surface area (Å²) in [6.45, 7) is 3.32. The first-order valence-electron chi connectivity index (χ1n) is 6.42. The van der Waals surface area contributed by atoms with Crippen molar-refractivity contribution in [2.75, 3.05) is 6.61 Å². The van der Waals surface area contributed by atoms with Crippen molar-refractivity contribution in [2.24, 2.45) is 11.3 Å². The molecule has 0 spiro atoms. The molecule has 0 aromatic carbocycles. The number of rotatable bonds is 2. The Hall–Kier alpha value is -0.830. The minimum atomic E-state index is 0.325. The van der Waals surface area contributed by atoms with Crippen molar-refractivity contribution in [1.82, 2.24) is 9.78 Å². The molecule has 2 aliphatic carbocycles. The molecule has 0 unspecified atom stereocenters. The highest BCUT2D eigenvalue weighted by molar-refractivity contribution is 5.18. The SMILES string of the molecule is C[C@]12CCO[C@H](c3cnn(C4CC4)c3)[C@H]1C2. The molecule has 0 radical (unpaired) electrons. The minimum Gasteiger partial charge on any atom is -0.373 e. The van der Waals surface area contributed by atoms with Crippen LogP contribution < -0.4 is 0 Å². The fourth-order valence-corrected chi connectivity index (χ4v) is 3.11. The molecule has 3 atom stereocenters. The maximum Gasteiger partial charge on any atom is 0.0888 e. The van der Waals surface area contributed by atoms with Gasteiger partial charge < -0.3 is 4.74 Å². The van der Waals surface area contributed by atoms with Crippen molar-refractivity contribution in [3.05, 3.63) is 18.0 Å². The van der Waals surface area contributed by atoms with Gasteiger partial charge in [-0.1, -0.05) is 6.92 Å². The van der Waals surface area contributed by atoms with E-state index in [-0.39, 0.29) is 0 Å². The second-order valence-corrected chi connectivity index (χ2v) is 5.99. The lowest BCUT2D eigenvalue weighted by Crippen LogP contribution is -2.19. The molecule has 2 heterocycles. The van der Waals surface area contributed by atoms with Crippen molar-refractivity contribution >= 4 is 0 Å². The second-order valence-electron chi connectivity index (χ2n) is 5.99. The zero-order valence-corrected chi connectivity index (χ0v) is 9.72. The van der Waals surface area contributed by atoms with E-state index in [0.29, 0.717) is 17.6 Å². The van der Waals surface area contributed by atoms with Crippen LogP contribution in [0.2, 0.25) is 0 Å². The summed E-state index contributed by atoms with van der Waals surface area (Å²) in [5.41, 5.74) is 1.88. The highest BCUT2D eigenvalue weighted by Crippen LogP contribution is 2.63. The highest BCUT2D eigenvalue weighted by atomic mass is 16.5. The van der Waals surface area contributed by atoms with Gasteiger partial charge in [-0.2, -0.15) is 5.10 Å². The number of fused-ring (bicyclic) bond motifs is 1. The summed E-state index contributed by atoms with van der Waals surface area (Å²) >= 11 is 0. The quantitative estimate of drug-likeness (QED) is 0.763. The van der Waals surface area contributed by atoms with Crippen molar-refractivity contribution < 1.29 is 4.74 Å². The lowest BCUT2D eigenvalue weighted by atomic mass is 9.95. The third kappa shape index (κ3) is 1.27. The Balaban J connectivity index is 1.59. The standard InChI is InChI=1S/C13H18N2O/c1-13-4-5-16-12(11(13)6-13)9-7-14-15(8-9)10-2-3-10/h7-8,10-12H,2-6H2,1H3/t11-,12-,13-/m1/s1. The number of ether oxygens (including phenoxy) is 1. The Morgan fingerprint density at radius 1 is 1.50 bits per heavy atom. The fourth-order valence-electron chi connectivity index (χ4n) is 3.11. The molecule has 0 N–H and O–H groups in total. The summed E-state index contributed by atoms with van der Waals surface area (Å²) in [5.74, 6) is 0.748. The largest absolute Gasteiger partial charge is 0.373 e. The van der Waals surface area contributed by atoms with Crippen molar-refractivity contribution in [1.29, 1.82) is 0 Å². The van der Waals surface area contributed by atoms with Gasteiger partial charge in [0.25, 0.3) is 0 Å². The maximum atomic E-state index is 5.94. The molecular formula is C13H18N2O. The highest BCUT2D eigenvalue weighted by Gasteiger charge is 2.57. The summed E-state index contributed by atoms with van der Waals surface area (Å²) < 4.78 is 8.08. The molecule has 0 bridgehead atoms. The Kier molecular flexibility index (Phi) is 1.67. The predicted molar refractivity (Wildman–Crippen MR) is 60.0 cm³/mol. The number of aromatic nitrogens is 2. The number of nitrogens with zero attached hydrogens (tertiary/aromatic N) is 2. The van der Waals surface area contributed by atoms with Crippen molar-refractivity contribution in [3.63, 3.8) is 0 Å². The molecule has 86 valence electrons. The van der Waals surface area contributed by atoms with E-state index in [4.69, 9.17) is 4.74 Å². The van der Waals surface area contributed by atoms with Crippen molar-refractivity contribution in [2.45, 2.75) is 44.8 Å². The van der Waals surface area contributed by atoms with E-state index >= 15 is 0 Å². The third-order valence-electron chi connectivity index (χ3n) is 4.63. The van der Waals surface area contributed by atoms with Crippen LogP contribution in [-0.2, 0) is 4.74 Å². The molecule has 3 heteroatoms. The van der Waals surface area contributed by atoms with E-state index < -0.39 is 0 Å². The topological polar surface area (TPSA) is 27.1 Å². The minimum absolute atomic E-state index is 0.325. The van der Waals surface area contributed by atoms with Gasteiger partial charge in [0, 0.05) is 18.4 Å². The zero-order chi connectivity index (χ0) is 10.8. The number of hydrogen-bond donors (Lipinski definition) is 0. The molecule has 1 saturated heterocycles. The van der Waals surface area contributed by atoms with Gasteiger partial charge in [-0.25, -0.2) is 0 Å². The van der Waals surface area contributed by atoms with E-state index in [1.165, 1.54) is 31.2 Å². The van der Waals surface area contributed by atoms with E-state index in [0.717, 1.165) is 12.5 Å². The van der Waals surface area contributed by atoms with Gasteiger partial charge in [-0.15, -0.1) is 0 Å². The summed E-state index contributed by atoms with van der Waals surface area (Å²) in [5, 5.41) is 4.47. The molecule has 1 aromatic rings. The van der Waals surface area contributed by atoms with E-state index in [2.05, 4.69) is 22.9 Å². The first kappa shape index (κ1) is 9.23. The van der Waals surface area contributed by atoms with Crippen LogP contribution in [0.25, 0.3) is 0 Å². The van der Waals surface area contributed by atoms with Gasteiger partial charge in [0.05, 0.1) is 18.3 Å². The molecule has 2 saturated carbocycles. The molecule has 0 amide bonds. The van der Waals surface area contributed by atoms with E-state index in [9.17, 15) is 0 Å². The zero-order valence-electron chi connectivity index (χ0n) is 9.72.